The molecular formula is C10H19N. The van der Waals surface area contributed by atoms with Crippen LogP contribution in [0.25, 0.3) is 0 Å². The third kappa shape index (κ3) is 1.20. The van der Waals surface area contributed by atoms with Gasteiger partial charge >= 0.3 is 0 Å². The van der Waals surface area contributed by atoms with Gasteiger partial charge in [-0.1, -0.05) is 12.8 Å². The molecule has 1 atom stereocenters. The van der Waals surface area contributed by atoms with E-state index in [1.165, 1.54) is 38.6 Å². The molecule has 0 amide bonds. The maximum Gasteiger partial charge on any atom is 0.00698 e. The normalized spacial score (nSPS) is 37.1. The van der Waals surface area contributed by atoms with E-state index in [2.05, 4.69) is 18.9 Å². The predicted molar refractivity (Wildman–Crippen MR) is 47.6 cm³/mol. The van der Waals surface area contributed by atoms with Crippen molar-refractivity contribution in [2.24, 2.45) is 5.41 Å². The van der Waals surface area contributed by atoms with Crippen molar-refractivity contribution in [1.82, 2.24) is 4.90 Å². The Balaban J connectivity index is 2.06. The fraction of sp³-hybridized carbons (Fsp3) is 1.00. The molecule has 11 heavy (non-hydrogen) atoms. The van der Waals surface area contributed by atoms with Crippen molar-refractivity contribution >= 4 is 0 Å². The van der Waals surface area contributed by atoms with E-state index in [4.69, 9.17) is 0 Å². The van der Waals surface area contributed by atoms with Crippen molar-refractivity contribution < 1.29 is 0 Å². The van der Waals surface area contributed by atoms with Crippen molar-refractivity contribution in [3.05, 3.63) is 0 Å². The van der Waals surface area contributed by atoms with Gasteiger partial charge in [-0.2, -0.15) is 0 Å². The van der Waals surface area contributed by atoms with E-state index < -0.39 is 0 Å². The highest BCUT2D eigenvalue weighted by Crippen LogP contribution is 2.46. The smallest absolute Gasteiger partial charge is 0.00698 e. The van der Waals surface area contributed by atoms with Crippen LogP contribution in [-0.4, -0.2) is 24.5 Å². The average Bonchev–Trinajstić information content (AvgIpc) is 2.46. The maximum atomic E-state index is 2.53. The first kappa shape index (κ1) is 7.60. The summed E-state index contributed by atoms with van der Waals surface area (Å²) in [5, 5.41) is 0. The minimum Gasteiger partial charge on any atom is -0.303 e. The molecule has 1 saturated carbocycles. The van der Waals surface area contributed by atoms with Gasteiger partial charge in [-0.3, -0.25) is 0 Å². The Morgan fingerprint density at radius 1 is 1.27 bits per heavy atom. The van der Waals surface area contributed by atoms with Gasteiger partial charge in [0.05, 0.1) is 0 Å². The van der Waals surface area contributed by atoms with Crippen LogP contribution in [0.4, 0.5) is 0 Å². The van der Waals surface area contributed by atoms with Crippen LogP contribution in [0.2, 0.25) is 0 Å². The van der Waals surface area contributed by atoms with Crippen molar-refractivity contribution in [1.29, 1.82) is 0 Å². The molecule has 2 aliphatic rings. The van der Waals surface area contributed by atoms with Crippen molar-refractivity contribution in [2.45, 2.75) is 45.1 Å². The quantitative estimate of drug-likeness (QED) is 0.516. The monoisotopic (exact) mass is 153 g/mol. The van der Waals surface area contributed by atoms with Crippen LogP contribution in [0.15, 0.2) is 0 Å². The Kier molecular flexibility index (Phi) is 1.71. The molecule has 0 aromatic rings. The van der Waals surface area contributed by atoms with Gasteiger partial charge in [-0.05, 0) is 38.6 Å². The molecular weight excluding hydrogens is 134 g/mol. The Labute approximate surface area is 69.8 Å². The molecule has 1 aliphatic heterocycles. The highest BCUT2D eigenvalue weighted by atomic mass is 15.2. The zero-order valence-corrected chi connectivity index (χ0v) is 7.77. The van der Waals surface area contributed by atoms with Crippen LogP contribution in [-0.2, 0) is 0 Å². The largest absolute Gasteiger partial charge is 0.303 e. The first-order chi connectivity index (χ1) is 5.22. The highest BCUT2D eigenvalue weighted by molar-refractivity contribution is 4.95. The van der Waals surface area contributed by atoms with Gasteiger partial charge in [-0.15, -0.1) is 0 Å². The Hall–Kier alpha value is -0.0400. The molecule has 1 saturated heterocycles. The summed E-state index contributed by atoms with van der Waals surface area (Å²) in [6, 6.07) is 0.841. The van der Waals surface area contributed by atoms with Crippen LogP contribution in [0.3, 0.4) is 0 Å². The van der Waals surface area contributed by atoms with Crippen LogP contribution in [0, 0.1) is 5.41 Å². The van der Waals surface area contributed by atoms with Gasteiger partial charge in [-0.25, -0.2) is 0 Å². The Morgan fingerprint density at radius 3 is 2.36 bits per heavy atom. The van der Waals surface area contributed by atoms with E-state index in [-0.39, 0.29) is 0 Å². The van der Waals surface area contributed by atoms with E-state index in [0.717, 1.165) is 11.5 Å². The SMILES string of the molecule is C[C@@H]1CC2(CCCC2)CN1C. The molecule has 0 aromatic carbocycles. The van der Waals surface area contributed by atoms with Gasteiger partial charge in [0.2, 0.25) is 0 Å². The molecule has 1 heteroatoms. The second-order valence-electron chi connectivity index (χ2n) is 4.68. The van der Waals surface area contributed by atoms with Crippen LogP contribution < -0.4 is 0 Å². The second-order valence-corrected chi connectivity index (χ2v) is 4.68. The Bertz CT molecular complexity index is 135. The maximum absolute atomic E-state index is 2.53. The molecule has 1 spiro atoms. The number of nitrogens with zero attached hydrogens (tertiary/aromatic N) is 1. The minimum absolute atomic E-state index is 0.758. The first-order valence-electron chi connectivity index (χ1n) is 4.92. The predicted octanol–water partition coefficient (Wildman–Crippen LogP) is 2.27. The van der Waals surface area contributed by atoms with Crippen molar-refractivity contribution in [3.63, 3.8) is 0 Å². The van der Waals surface area contributed by atoms with E-state index in [0.29, 0.717) is 0 Å². The summed E-state index contributed by atoms with van der Waals surface area (Å²) in [5.41, 5.74) is 0.758. The third-order valence-corrected chi connectivity index (χ3v) is 3.73. The van der Waals surface area contributed by atoms with E-state index in [1.54, 1.807) is 0 Å². The molecule has 2 fully saturated rings. The van der Waals surface area contributed by atoms with Crippen LogP contribution in [0.1, 0.15) is 39.0 Å². The van der Waals surface area contributed by atoms with Gasteiger partial charge < -0.3 is 4.90 Å². The second kappa shape index (κ2) is 2.48. The number of likely N-dealkylation sites (tertiary alicyclic amines) is 1. The number of hydrogen-bond donors (Lipinski definition) is 0. The van der Waals surface area contributed by atoms with Crippen molar-refractivity contribution in [2.75, 3.05) is 13.6 Å². The zero-order chi connectivity index (χ0) is 7.90. The summed E-state index contributed by atoms with van der Waals surface area (Å²) in [7, 11) is 2.28. The topological polar surface area (TPSA) is 3.24 Å². The lowest BCUT2D eigenvalue weighted by atomic mass is 9.84. The first-order valence-corrected chi connectivity index (χ1v) is 4.92. The van der Waals surface area contributed by atoms with E-state index in [9.17, 15) is 0 Å². The lowest BCUT2D eigenvalue weighted by molar-refractivity contribution is 0.281. The number of hydrogen-bond acceptors (Lipinski definition) is 1. The lowest BCUT2D eigenvalue weighted by Gasteiger charge is -2.21. The molecule has 0 aromatic heterocycles. The summed E-state index contributed by atoms with van der Waals surface area (Å²) < 4.78 is 0. The summed E-state index contributed by atoms with van der Waals surface area (Å²) in [4.78, 5) is 2.53. The van der Waals surface area contributed by atoms with Gasteiger partial charge in [0, 0.05) is 12.6 Å². The summed E-state index contributed by atoms with van der Waals surface area (Å²) in [6.07, 6.45) is 7.44. The zero-order valence-electron chi connectivity index (χ0n) is 7.77. The molecule has 0 radical (unpaired) electrons. The molecule has 1 nitrogen and oxygen atoms in total. The van der Waals surface area contributed by atoms with Gasteiger partial charge in [0.15, 0.2) is 0 Å². The van der Waals surface area contributed by atoms with Gasteiger partial charge in [0.1, 0.15) is 0 Å². The summed E-state index contributed by atoms with van der Waals surface area (Å²) >= 11 is 0. The van der Waals surface area contributed by atoms with E-state index in [1.807, 2.05) is 0 Å². The van der Waals surface area contributed by atoms with E-state index >= 15 is 0 Å². The Morgan fingerprint density at radius 2 is 1.91 bits per heavy atom. The fourth-order valence-corrected chi connectivity index (χ4v) is 3.02. The van der Waals surface area contributed by atoms with Gasteiger partial charge in [0.25, 0.3) is 0 Å². The lowest BCUT2D eigenvalue weighted by Crippen LogP contribution is -2.23. The molecule has 2 rings (SSSR count). The number of rotatable bonds is 0. The molecule has 1 heterocycles. The third-order valence-electron chi connectivity index (χ3n) is 3.73. The van der Waals surface area contributed by atoms with Crippen LogP contribution >= 0.6 is 0 Å². The molecule has 0 N–H and O–H groups in total. The average molecular weight is 153 g/mol. The molecule has 0 unspecified atom stereocenters. The fourth-order valence-electron chi connectivity index (χ4n) is 3.02. The molecule has 1 aliphatic carbocycles. The highest BCUT2D eigenvalue weighted by Gasteiger charge is 2.41. The van der Waals surface area contributed by atoms with Crippen molar-refractivity contribution in [3.8, 4) is 0 Å². The molecule has 0 bridgehead atoms. The standard InChI is InChI=1S/C10H19N/c1-9-7-10(8-11(9)2)5-3-4-6-10/h9H,3-8H2,1-2H3/t9-/m1/s1. The minimum atomic E-state index is 0.758. The molecule has 64 valence electrons. The summed E-state index contributed by atoms with van der Waals surface area (Å²) in [6.45, 7) is 3.74. The summed E-state index contributed by atoms with van der Waals surface area (Å²) in [5.74, 6) is 0. The van der Waals surface area contributed by atoms with Crippen LogP contribution in [0.5, 0.6) is 0 Å².